The van der Waals surface area contributed by atoms with Crippen molar-refractivity contribution in [2.24, 2.45) is 0 Å². The molecule has 1 saturated heterocycles. The molecule has 0 unspecified atom stereocenters. The highest BCUT2D eigenvalue weighted by atomic mass is 32.2. The quantitative estimate of drug-likeness (QED) is 0.716. The molecule has 128 valence electrons. The Morgan fingerprint density at radius 3 is 2.71 bits per heavy atom. The zero-order chi connectivity index (χ0) is 16.8. The van der Waals surface area contributed by atoms with Gasteiger partial charge in [0.1, 0.15) is 5.75 Å². The lowest BCUT2D eigenvalue weighted by atomic mass is 10.2. The zero-order valence-electron chi connectivity index (χ0n) is 13.7. The Hall–Kier alpha value is -2.02. The maximum atomic E-state index is 12.0. The first-order valence-corrected chi connectivity index (χ1v) is 9.22. The number of rotatable bonds is 7. The third-order valence-electron chi connectivity index (χ3n) is 3.82. The van der Waals surface area contributed by atoms with E-state index in [1.807, 2.05) is 36.1 Å². The summed E-state index contributed by atoms with van der Waals surface area (Å²) in [6, 6.07) is 7.54. The van der Waals surface area contributed by atoms with Crippen molar-refractivity contribution in [3.8, 4) is 17.2 Å². The average molecular weight is 347 g/mol. The monoisotopic (exact) mass is 347 g/mol. The van der Waals surface area contributed by atoms with E-state index in [0.29, 0.717) is 29.9 Å². The molecule has 1 aliphatic heterocycles. The van der Waals surface area contributed by atoms with E-state index >= 15 is 0 Å². The van der Waals surface area contributed by atoms with Gasteiger partial charge >= 0.3 is 0 Å². The van der Waals surface area contributed by atoms with Gasteiger partial charge in [-0.05, 0) is 44.0 Å². The maximum Gasteiger partial charge on any atom is 0.276 e. The summed E-state index contributed by atoms with van der Waals surface area (Å²) in [6.45, 7) is 4.37. The lowest BCUT2D eigenvalue weighted by Crippen LogP contribution is -2.27. The molecule has 0 radical (unpaired) electrons. The summed E-state index contributed by atoms with van der Waals surface area (Å²) in [5.74, 6) is 2.16. The van der Waals surface area contributed by atoms with E-state index in [2.05, 4.69) is 10.2 Å². The van der Waals surface area contributed by atoms with E-state index in [4.69, 9.17) is 9.15 Å². The van der Waals surface area contributed by atoms with Crippen molar-refractivity contribution >= 4 is 17.7 Å². The summed E-state index contributed by atoms with van der Waals surface area (Å²) in [5.41, 5.74) is 0.853. The Bertz CT molecular complexity index is 666. The second-order valence-electron chi connectivity index (χ2n) is 5.52. The van der Waals surface area contributed by atoms with Crippen molar-refractivity contribution in [1.29, 1.82) is 0 Å². The molecule has 1 aromatic heterocycles. The molecule has 1 fully saturated rings. The van der Waals surface area contributed by atoms with Crippen molar-refractivity contribution in [2.45, 2.75) is 31.4 Å². The van der Waals surface area contributed by atoms with Gasteiger partial charge < -0.3 is 14.1 Å². The number of carbonyl (C=O) groups is 1. The smallest absolute Gasteiger partial charge is 0.276 e. The van der Waals surface area contributed by atoms with E-state index in [9.17, 15) is 4.79 Å². The molecule has 0 atom stereocenters. The minimum atomic E-state index is 0.214. The molecule has 0 saturated carbocycles. The van der Waals surface area contributed by atoms with Gasteiger partial charge in [-0.2, -0.15) is 0 Å². The molecular formula is C17H21N3O3S. The molecule has 3 rings (SSSR count). The van der Waals surface area contributed by atoms with Crippen LogP contribution in [0.4, 0.5) is 0 Å². The van der Waals surface area contributed by atoms with Crippen LogP contribution in [0.15, 0.2) is 33.9 Å². The minimum Gasteiger partial charge on any atom is -0.494 e. The Morgan fingerprint density at radius 1 is 1.25 bits per heavy atom. The fraction of sp³-hybridized carbons (Fsp3) is 0.471. The summed E-state index contributed by atoms with van der Waals surface area (Å²) in [6.07, 6.45) is 2.74. The minimum absolute atomic E-state index is 0.214. The number of hydrogen-bond donors (Lipinski definition) is 0. The van der Waals surface area contributed by atoms with Crippen LogP contribution in [0.3, 0.4) is 0 Å². The number of likely N-dealkylation sites (tertiary alicyclic amines) is 1. The zero-order valence-corrected chi connectivity index (χ0v) is 14.6. The molecule has 2 heterocycles. The Kier molecular flexibility index (Phi) is 5.74. The van der Waals surface area contributed by atoms with Crippen LogP contribution in [0.5, 0.6) is 5.75 Å². The largest absolute Gasteiger partial charge is 0.494 e. The van der Waals surface area contributed by atoms with Gasteiger partial charge in [0.25, 0.3) is 5.22 Å². The summed E-state index contributed by atoms with van der Waals surface area (Å²) >= 11 is 1.42. The summed E-state index contributed by atoms with van der Waals surface area (Å²) < 4.78 is 11.1. The summed E-state index contributed by atoms with van der Waals surface area (Å²) in [7, 11) is 0. The number of thioether (sulfide) groups is 1. The van der Waals surface area contributed by atoms with Crippen LogP contribution in [-0.4, -0.2) is 46.5 Å². The lowest BCUT2D eigenvalue weighted by Gasteiger charge is -2.14. The first kappa shape index (κ1) is 16.8. The standard InChI is InChI=1S/C17H21N3O3S/c1-2-22-14-7-5-13(6-8-14)16-18-19-17(23-16)24-12-9-15(21)20-10-3-4-11-20/h5-8H,2-4,9-12H2,1H3. The highest BCUT2D eigenvalue weighted by Crippen LogP contribution is 2.25. The van der Waals surface area contributed by atoms with Gasteiger partial charge in [-0.15, -0.1) is 10.2 Å². The average Bonchev–Trinajstić information content (AvgIpc) is 3.28. The van der Waals surface area contributed by atoms with Crippen molar-refractivity contribution < 1.29 is 13.9 Å². The van der Waals surface area contributed by atoms with Crippen LogP contribution in [0.25, 0.3) is 11.5 Å². The molecule has 2 aromatic rings. The summed E-state index contributed by atoms with van der Waals surface area (Å²) in [5, 5.41) is 8.59. The molecule has 1 aliphatic rings. The number of benzene rings is 1. The number of aromatic nitrogens is 2. The highest BCUT2D eigenvalue weighted by molar-refractivity contribution is 7.99. The van der Waals surface area contributed by atoms with Gasteiger partial charge in [0.05, 0.1) is 6.61 Å². The molecule has 0 spiro atoms. The van der Waals surface area contributed by atoms with E-state index in [1.165, 1.54) is 11.8 Å². The van der Waals surface area contributed by atoms with Gasteiger partial charge in [-0.1, -0.05) is 11.8 Å². The molecule has 1 amide bonds. The summed E-state index contributed by atoms with van der Waals surface area (Å²) in [4.78, 5) is 13.9. The van der Waals surface area contributed by atoms with E-state index in [1.54, 1.807) is 0 Å². The molecule has 6 nitrogen and oxygen atoms in total. The molecule has 24 heavy (non-hydrogen) atoms. The fourth-order valence-electron chi connectivity index (χ4n) is 2.60. The number of hydrogen-bond acceptors (Lipinski definition) is 6. The van der Waals surface area contributed by atoms with E-state index in [-0.39, 0.29) is 5.91 Å². The number of amides is 1. The second-order valence-corrected chi connectivity index (χ2v) is 6.56. The SMILES string of the molecule is CCOc1ccc(-c2nnc(SCCC(=O)N3CCCC3)o2)cc1. The van der Waals surface area contributed by atoms with Gasteiger partial charge in [0, 0.05) is 30.8 Å². The molecule has 7 heteroatoms. The Labute approximate surface area is 145 Å². The van der Waals surface area contributed by atoms with Gasteiger partial charge in [0.15, 0.2) is 0 Å². The predicted octanol–water partition coefficient (Wildman–Crippen LogP) is 3.24. The predicted molar refractivity (Wildman–Crippen MR) is 92.1 cm³/mol. The first-order valence-electron chi connectivity index (χ1n) is 8.23. The Morgan fingerprint density at radius 2 is 2.00 bits per heavy atom. The number of ether oxygens (including phenoxy) is 1. The van der Waals surface area contributed by atoms with Gasteiger partial charge in [-0.25, -0.2) is 0 Å². The van der Waals surface area contributed by atoms with Gasteiger partial charge in [0.2, 0.25) is 11.8 Å². The van der Waals surface area contributed by atoms with Crippen molar-refractivity contribution in [3.05, 3.63) is 24.3 Å². The van der Waals surface area contributed by atoms with Crippen LogP contribution >= 0.6 is 11.8 Å². The molecular weight excluding hydrogens is 326 g/mol. The lowest BCUT2D eigenvalue weighted by molar-refractivity contribution is -0.129. The van der Waals surface area contributed by atoms with Gasteiger partial charge in [-0.3, -0.25) is 4.79 Å². The first-order chi connectivity index (χ1) is 11.8. The third-order valence-corrected chi connectivity index (χ3v) is 4.64. The van der Waals surface area contributed by atoms with E-state index < -0.39 is 0 Å². The van der Waals surface area contributed by atoms with Crippen LogP contribution in [0, 0.1) is 0 Å². The third kappa shape index (κ3) is 4.29. The maximum absolute atomic E-state index is 12.0. The number of nitrogens with zero attached hydrogens (tertiary/aromatic N) is 3. The highest BCUT2D eigenvalue weighted by Gasteiger charge is 2.18. The van der Waals surface area contributed by atoms with Crippen molar-refractivity contribution in [2.75, 3.05) is 25.4 Å². The molecule has 1 aromatic carbocycles. The Balaban J connectivity index is 1.50. The molecule has 0 N–H and O–H groups in total. The van der Waals surface area contributed by atoms with Crippen molar-refractivity contribution in [1.82, 2.24) is 15.1 Å². The number of carbonyl (C=O) groups excluding carboxylic acids is 1. The van der Waals surface area contributed by atoms with Crippen LogP contribution in [0.2, 0.25) is 0 Å². The topological polar surface area (TPSA) is 68.5 Å². The molecule has 0 aliphatic carbocycles. The van der Waals surface area contributed by atoms with Crippen LogP contribution in [0.1, 0.15) is 26.2 Å². The van der Waals surface area contributed by atoms with E-state index in [0.717, 1.165) is 37.2 Å². The normalized spacial score (nSPS) is 14.1. The van der Waals surface area contributed by atoms with Crippen LogP contribution < -0.4 is 4.74 Å². The van der Waals surface area contributed by atoms with Crippen molar-refractivity contribution in [3.63, 3.8) is 0 Å². The molecule has 0 bridgehead atoms. The second kappa shape index (κ2) is 8.19. The van der Waals surface area contributed by atoms with Crippen LogP contribution in [-0.2, 0) is 4.79 Å². The fourth-order valence-corrected chi connectivity index (χ4v) is 3.28.